The van der Waals surface area contributed by atoms with Crippen molar-refractivity contribution < 1.29 is 20.1 Å². The van der Waals surface area contributed by atoms with E-state index in [1.165, 1.54) is 7.11 Å². The zero-order valence-corrected chi connectivity index (χ0v) is 14.5. The number of methoxy groups -OCH3 is 1. The van der Waals surface area contributed by atoms with Crippen LogP contribution in [0.1, 0.15) is 35.8 Å². The predicted octanol–water partition coefficient (Wildman–Crippen LogP) is 2.02. The number of nitriles is 1. The third-order valence-electron chi connectivity index (χ3n) is 4.99. The summed E-state index contributed by atoms with van der Waals surface area (Å²) in [6.45, 7) is 0. The van der Waals surface area contributed by atoms with E-state index in [2.05, 4.69) is 5.32 Å². The minimum absolute atomic E-state index is 0.438. The van der Waals surface area contributed by atoms with E-state index in [1.54, 1.807) is 24.3 Å². The largest absolute Gasteiger partial charge is 0.393 e. The van der Waals surface area contributed by atoms with Crippen LogP contribution in [0.15, 0.2) is 48.5 Å². The number of nitrogens with one attached hydrogen (secondary N) is 1. The topological polar surface area (TPSA) is 106 Å². The van der Waals surface area contributed by atoms with Gasteiger partial charge in [-0.2, -0.15) is 5.26 Å². The molecule has 1 saturated carbocycles. The van der Waals surface area contributed by atoms with Gasteiger partial charge in [-0.05, 0) is 42.7 Å². The Kier molecular flexibility index (Phi) is 5.25. The lowest BCUT2D eigenvalue weighted by Crippen LogP contribution is -2.53. The molecule has 4 N–H and O–H groups in total. The number of anilines is 1. The Morgan fingerprint density at radius 2 is 1.88 bits per heavy atom. The van der Waals surface area contributed by atoms with Crippen LogP contribution in [-0.2, 0) is 10.2 Å². The monoisotopic (exact) mass is 354 g/mol. The van der Waals surface area contributed by atoms with E-state index in [4.69, 9.17) is 10.00 Å². The highest BCUT2D eigenvalue weighted by Gasteiger charge is 2.50. The van der Waals surface area contributed by atoms with E-state index in [1.807, 2.05) is 30.3 Å². The van der Waals surface area contributed by atoms with Crippen molar-refractivity contribution in [3.63, 3.8) is 0 Å². The molecule has 2 unspecified atom stereocenters. The van der Waals surface area contributed by atoms with Crippen molar-refractivity contribution in [2.24, 2.45) is 0 Å². The third-order valence-corrected chi connectivity index (χ3v) is 4.99. The molecular formula is C20H22N2O4. The van der Waals surface area contributed by atoms with E-state index < -0.39 is 24.0 Å². The molecule has 3 rings (SSSR count). The Hall–Kier alpha value is -2.43. The van der Waals surface area contributed by atoms with Gasteiger partial charge < -0.3 is 25.4 Å². The van der Waals surface area contributed by atoms with Crippen molar-refractivity contribution >= 4 is 5.69 Å². The molecule has 0 heterocycles. The van der Waals surface area contributed by atoms with Gasteiger partial charge in [0.2, 0.25) is 0 Å². The number of rotatable bonds is 6. The van der Waals surface area contributed by atoms with Gasteiger partial charge in [-0.1, -0.05) is 24.3 Å². The van der Waals surface area contributed by atoms with Crippen molar-refractivity contribution in [1.82, 2.24) is 0 Å². The van der Waals surface area contributed by atoms with Gasteiger partial charge in [0, 0.05) is 18.4 Å². The second kappa shape index (κ2) is 7.44. The fourth-order valence-corrected chi connectivity index (χ4v) is 3.50. The molecule has 6 heteroatoms. The van der Waals surface area contributed by atoms with Crippen LogP contribution in [0.3, 0.4) is 0 Å². The van der Waals surface area contributed by atoms with Crippen molar-refractivity contribution in [3.8, 4) is 6.07 Å². The first kappa shape index (κ1) is 18.4. The second-order valence-electron chi connectivity index (χ2n) is 6.67. The summed E-state index contributed by atoms with van der Waals surface area (Å²) in [4.78, 5) is 0. The van der Waals surface area contributed by atoms with E-state index in [9.17, 15) is 15.3 Å². The van der Waals surface area contributed by atoms with Crippen LogP contribution >= 0.6 is 0 Å². The van der Waals surface area contributed by atoms with E-state index in [-0.39, 0.29) is 0 Å². The molecule has 0 amide bonds. The van der Waals surface area contributed by atoms with Crippen LogP contribution in [-0.4, -0.2) is 34.8 Å². The molecule has 26 heavy (non-hydrogen) atoms. The summed E-state index contributed by atoms with van der Waals surface area (Å²) < 4.78 is 5.10. The van der Waals surface area contributed by atoms with Crippen LogP contribution in [0.2, 0.25) is 0 Å². The number of hydrogen-bond donors (Lipinski definition) is 4. The first-order valence-electron chi connectivity index (χ1n) is 8.42. The summed E-state index contributed by atoms with van der Waals surface area (Å²) in [5.41, 5.74) is 2.06. The first-order chi connectivity index (χ1) is 12.5. The quantitative estimate of drug-likeness (QED) is 0.592. The number of benzene rings is 2. The Morgan fingerprint density at radius 1 is 1.19 bits per heavy atom. The van der Waals surface area contributed by atoms with Gasteiger partial charge in [-0.25, -0.2) is 0 Å². The minimum Gasteiger partial charge on any atom is -0.393 e. The van der Waals surface area contributed by atoms with E-state index in [0.717, 1.165) is 5.56 Å². The molecule has 2 aromatic rings. The lowest BCUT2D eigenvalue weighted by atomic mass is 9.62. The Labute approximate surface area is 152 Å². The minimum atomic E-state index is -0.982. The highest BCUT2D eigenvalue weighted by molar-refractivity contribution is 5.48. The van der Waals surface area contributed by atoms with Crippen LogP contribution < -0.4 is 5.32 Å². The highest BCUT2D eigenvalue weighted by Crippen LogP contribution is 2.47. The van der Waals surface area contributed by atoms with Crippen LogP contribution in [0.25, 0.3) is 0 Å². The van der Waals surface area contributed by atoms with E-state index >= 15 is 0 Å². The average molecular weight is 354 g/mol. The molecule has 2 aromatic carbocycles. The van der Waals surface area contributed by atoms with Crippen LogP contribution in [0.5, 0.6) is 0 Å². The molecule has 2 atom stereocenters. The number of aliphatic hydroxyl groups excluding tert-OH is 3. The normalized spacial score (nSPS) is 24.2. The van der Waals surface area contributed by atoms with Crippen molar-refractivity contribution in [1.29, 1.82) is 5.26 Å². The summed E-state index contributed by atoms with van der Waals surface area (Å²) >= 11 is 0. The molecule has 1 aliphatic rings. The van der Waals surface area contributed by atoms with Gasteiger partial charge in [0.25, 0.3) is 0 Å². The van der Waals surface area contributed by atoms with Gasteiger partial charge >= 0.3 is 0 Å². The predicted molar refractivity (Wildman–Crippen MR) is 96.1 cm³/mol. The molecular weight excluding hydrogens is 332 g/mol. The lowest BCUT2D eigenvalue weighted by Gasteiger charge is -2.48. The zero-order valence-electron chi connectivity index (χ0n) is 14.5. The molecule has 0 spiro atoms. The number of hydrogen-bond acceptors (Lipinski definition) is 6. The SMILES string of the molecule is COC(O)C1(c2ccc(NC(O)c3cccc(C#N)c3)cc2)CC(O)C1. The Balaban J connectivity index is 1.74. The molecule has 0 bridgehead atoms. The van der Waals surface area contributed by atoms with Crippen molar-refractivity contribution in [3.05, 3.63) is 65.2 Å². The third kappa shape index (κ3) is 3.43. The summed E-state index contributed by atoms with van der Waals surface area (Å²) in [6, 6.07) is 16.1. The second-order valence-corrected chi connectivity index (χ2v) is 6.67. The maximum Gasteiger partial charge on any atom is 0.164 e. The summed E-state index contributed by atoms with van der Waals surface area (Å²) in [7, 11) is 1.44. The van der Waals surface area contributed by atoms with Gasteiger partial charge in [0.05, 0.1) is 23.2 Å². The van der Waals surface area contributed by atoms with Gasteiger partial charge in [0.15, 0.2) is 12.5 Å². The number of nitrogens with zero attached hydrogens (tertiary/aromatic N) is 1. The molecule has 136 valence electrons. The van der Waals surface area contributed by atoms with Crippen molar-refractivity contribution in [2.45, 2.75) is 36.9 Å². The molecule has 0 aromatic heterocycles. The standard InChI is InChI=1S/C20H22N2O4/c1-26-19(25)20(10-17(23)11-20)15-5-7-16(8-6-15)22-18(24)14-4-2-3-13(9-14)12-21/h2-9,17-19,22-25H,10-11H2,1H3. The Bertz CT molecular complexity index is 794. The van der Waals surface area contributed by atoms with Crippen LogP contribution in [0.4, 0.5) is 5.69 Å². The molecule has 0 radical (unpaired) electrons. The van der Waals surface area contributed by atoms with Gasteiger partial charge in [-0.3, -0.25) is 0 Å². The highest BCUT2D eigenvalue weighted by atomic mass is 16.6. The van der Waals surface area contributed by atoms with Crippen LogP contribution in [0, 0.1) is 11.3 Å². The fourth-order valence-electron chi connectivity index (χ4n) is 3.50. The smallest absolute Gasteiger partial charge is 0.164 e. The maximum atomic E-state index is 10.3. The summed E-state index contributed by atoms with van der Waals surface area (Å²) in [5.74, 6) is 0. The maximum absolute atomic E-state index is 10.3. The molecule has 0 saturated heterocycles. The fraction of sp³-hybridized carbons (Fsp3) is 0.350. The summed E-state index contributed by atoms with van der Waals surface area (Å²) in [5, 5.41) is 42.2. The first-order valence-corrected chi connectivity index (χ1v) is 8.42. The van der Waals surface area contributed by atoms with Crippen molar-refractivity contribution in [2.75, 3.05) is 12.4 Å². The molecule has 1 fully saturated rings. The molecule has 1 aliphatic carbocycles. The Morgan fingerprint density at radius 3 is 2.46 bits per heavy atom. The van der Waals surface area contributed by atoms with E-state index in [0.29, 0.717) is 29.7 Å². The van der Waals surface area contributed by atoms with Gasteiger partial charge in [-0.15, -0.1) is 0 Å². The lowest BCUT2D eigenvalue weighted by molar-refractivity contribution is -0.175. The summed E-state index contributed by atoms with van der Waals surface area (Å²) in [6.07, 6.45) is -1.48. The van der Waals surface area contributed by atoms with Gasteiger partial charge in [0.1, 0.15) is 0 Å². The zero-order chi connectivity index (χ0) is 18.7. The molecule has 6 nitrogen and oxygen atoms in total. The molecule has 0 aliphatic heterocycles. The number of ether oxygens (including phenoxy) is 1. The average Bonchev–Trinajstić information content (AvgIpc) is 2.65. The number of aliphatic hydroxyl groups is 3.